The van der Waals surface area contributed by atoms with Crippen LogP contribution in [0.3, 0.4) is 0 Å². The SMILES string of the molecule is Cc1ccc(NC(=O)N2CC3CC(O)(c4ccccc4)CC3C2)c(C)c1. The lowest BCUT2D eigenvalue weighted by molar-refractivity contribution is 0.0328. The van der Waals surface area contributed by atoms with Crippen LogP contribution in [-0.2, 0) is 5.60 Å². The lowest BCUT2D eigenvalue weighted by atomic mass is 9.90. The summed E-state index contributed by atoms with van der Waals surface area (Å²) in [5, 5.41) is 14.1. The maximum atomic E-state index is 12.7. The van der Waals surface area contributed by atoms with Crippen LogP contribution in [0.15, 0.2) is 48.5 Å². The van der Waals surface area contributed by atoms with Crippen molar-refractivity contribution in [2.45, 2.75) is 32.3 Å². The van der Waals surface area contributed by atoms with E-state index < -0.39 is 5.60 Å². The average molecular weight is 350 g/mol. The van der Waals surface area contributed by atoms with Gasteiger partial charge in [0.05, 0.1) is 5.60 Å². The molecule has 26 heavy (non-hydrogen) atoms. The first-order valence-corrected chi connectivity index (χ1v) is 9.36. The van der Waals surface area contributed by atoms with Gasteiger partial charge in [0, 0.05) is 18.8 Å². The Labute approximate surface area is 154 Å². The van der Waals surface area contributed by atoms with E-state index in [1.165, 1.54) is 5.56 Å². The Hall–Kier alpha value is -2.33. The van der Waals surface area contributed by atoms with Gasteiger partial charge in [-0.05, 0) is 55.7 Å². The molecule has 1 aliphatic heterocycles. The standard InChI is InChI=1S/C22H26N2O2/c1-15-8-9-20(16(2)10-15)23-21(25)24-13-17-11-22(26,12-18(17)14-24)19-6-4-3-5-7-19/h3-10,17-18,26H,11-14H2,1-2H3,(H,23,25). The van der Waals surface area contributed by atoms with Gasteiger partial charge in [0.25, 0.3) is 0 Å². The third kappa shape index (κ3) is 3.10. The predicted octanol–water partition coefficient (Wildman–Crippen LogP) is 4.06. The van der Waals surface area contributed by atoms with Crippen molar-refractivity contribution in [2.75, 3.05) is 18.4 Å². The smallest absolute Gasteiger partial charge is 0.321 e. The van der Waals surface area contributed by atoms with E-state index in [1.807, 2.05) is 61.2 Å². The molecule has 1 saturated carbocycles. The number of nitrogens with one attached hydrogen (secondary N) is 1. The number of carbonyl (C=O) groups excluding carboxylic acids is 1. The quantitative estimate of drug-likeness (QED) is 0.858. The molecule has 2 N–H and O–H groups in total. The molecular weight excluding hydrogens is 324 g/mol. The number of rotatable bonds is 2. The summed E-state index contributed by atoms with van der Waals surface area (Å²) in [7, 11) is 0. The molecule has 136 valence electrons. The number of hydrogen-bond donors (Lipinski definition) is 2. The topological polar surface area (TPSA) is 52.6 Å². The van der Waals surface area contributed by atoms with Crippen molar-refractivity contribution in [1.82, 2.24) is 4.90 Å². The number of aryl methyl sites for hydroxylation is 2. The Kier molecular flexibility index (Phi) is 4.23. The van der Waals surface area contributed by atoms with Crippen molar-refractivity contribution < 1.29 is 9.90 Å². The van der Waals surface area contributed by atoms with Crippen molar-refractivity contribution in [3.05, 3.63) is 65.2 Å². The number of anilines is 1. The second-order valence-corrected chi connectivity index (χ2v) is 7.98. The van der Waals surface area contributed by atoms with Crippen LogP contribution in [0.25, 0.3) is 0 Å². The van der Waals surface area contributed by atoms with E-state index >= 15 is 0 Å². The molecule has 4 rings (SSSR count). The minimum absolute atomic E-state index is 0.0328. The van der Waals surface area contributed by atoms with E-state index in [9.17, 15) is 9.90 Å². The van der Waals surface area contributed by atoms with Gasteiger partial charge in [-0.2, -0.15) is 0 Å². The van der Waals surface area contributed by atoms with Crippen LogP contribution in [0.2, 0.25) is 0 Å². The Bertz CT molecular complexity index is 804. The summed E-state index contributed by atoms with van der Waals surface area (Å²) in [6, 6.07) is 16.0. The fraction of sp³-hybridized carbons (Fsp3) is 0.409. The Morgan fingerprint density at radius 2 is 1.73 bits per heavy atom. The summed E-state index contributed by atoms with van der Waals surface area (Å²) in [5.41, 5.74) is 3.40. The van der Waals surface area contributed by atoms with Crippen LogP contribution in [0, 0.1) is 25.7 Å². The number of fused-ring (bicyclic) bond motifs is 1. The summed E-state index contributed by atoms with van der Waals surface area (Å²) in [5.74, 6) is 0.732. The number of benzene rings is 2. The maximum absolute atomic E-state index is 12.7. The molecule has 2 amide bonds. The van der Waals surface area contributed by atoms with E-state index in [4.69, 9.17) is 0 Å². The van der Waals surface area contributed by atoms with Crippen LogP contribution >= 0.6 is 0 Å². The largest absolute Gasteiger partial charge is 0.385 e. The Balaban J connectivity index is 1.41. The van der Waals surface area contributed by atoms with Crippen LogP contribution < -0.4 is 5.32 Å². The first-order chi connectivity index (χ1) is 12.4. The zero-order valence-electron chi connectivity index (χ0n) is 15.4. The van der Waals surface area contributed by atoms with Gasteiger partial charge in [0.15, 0.2) is 0 Å². The molecule has 4 nitrogen and oxygen atoms in total. The lowest BCUT2D eigenvalue weighted by Gasteiger charge is -2.26. The van der Waals surface area contributed by atoms with E-state index in [2.05, 4.69) is 11.4 Å². The predicted molar refractivity (Wildman–Crippen MR) is 103 cm³/mol. The van der Waals surface area contributed by atoms with Crippen molar-refractivity contribution in [3.8, 4) is 0 Å². The minimum atomic E-state index is -0.743. The third-order valence-electron chi connectivity index (χ3n) is 6.00. The number of carbonyl (C=O) groups is 1. The summed E-state index contributed by atoms with van der Waals surface area (Å²) in [4.78, 5) is 14.6. The number of amides is 2. The van der Waals surface area contributed by atoms with Gasteiger partial charge >= 0.3 is 6.03 Å². The van der Waals surface area contributed by atoms with E-state index in [1.54, 1.807) is 0 Å². The number of urea groups is 1. The molecule has 2 fully saturated rings. The highest BCUT2D eigenvalue weighted by Crippen LogP contribution is 2.48. The highest BCUT2D eigenvalue weighted by atomic mass is 16.3. The highest BCUT2D eigenvalue weighted by molar-refractivity contribution is 5.90. The first-order valence-electron chi connectivity index (χ1n) is 9.36. The van der Waals surface area contributed by atoms with Gasteiger partial charge in [0.1, 0.15) is 0 Å². The molecule has 1 saturated heterocycles. The monoisotopic (exact) mass is 350 g/mol. The molecule has 2 aromatic carbocycles. The highest BCUT2D eigenvalue weighted by Gasteiger charge is 2.49. The van der Waals surface area contributed by atoms with Crippen LogP contribution in [-0.4, -0.2) is 29.1 Å². The van der Waals surface area contributed by atoms with Gasteiger partial charge in [-0.3, -0.25) is 0 Å². The van der Waals surface area contributed by atoms with E-state index in [-0.39, 0.29) is 6.03 Å². The molecule has 1 aliphatic carbocycles. The molecule has 0 bridgehead atoms. The number of aliphatic hydroxyl groups is 1. The van der Waals surface area contributed by atoms with Gasteiger partial charge < -0.3 is 15.3 Å². The average Bonchev–Trinajstić information content (AvgIpc) is 3.14. The number of likely N-dealkylation sites (tertiary alicyclic amines) is 1. The molecular formula is C22H26N2O2. The zero-order valence-corrected chi connectivity index (χ0v) is 15.4. The molecule has 0 spiro atoms. The second kappa shape index (κ2) is 6.44. The van der Waals surface area contributed by atoms with Crippen molar-refractivity contribution in [2.24, 2.45) is 11.8 Å². The Morgan fingerprint density at radius 3 is 2.35 bits per heavy atom. The number of hydrogen-bond acceptors (Lipinski definition) is 2. The molecule has 0 aromatic heterocycles. The Morgan fingerprint density at radius 1 is 1.08 bits per heavy atom. The molecule has 2 aliphatic rings. The van der Waals surface area contributed by atoms with Gasteiger partial charge in [0.2, 0.25) is 0 Å². The van der Waals surface area contributed by atoms with Gasteiger partial charge in [-0.15, -0.1) is 0 Å². The summed E-state index contributed by atoms with van der Waals surface area (Å²) in [6.45, 7) is 5.50. The molecule has 2 atom stereocenters. The van der Waals surface area contributed by atoms with Gasteiger partial charge in [-0.1, -0.05) is 48.0 Å². The molecule has 2 aromatic rings. The molecule has 0 radical (unpaired) electrons. The lowest BCUT2D eigenvalue weighted by Crippen LogP contribution is -2.35. The molecule has 2 unspecified atom stereocenters. The fourth-order valence-corrected chi connectivity index (χ4v) is 4.65. The van der Waals surface area contributed by atoms with Crippen LogP contribution in [0.4, 0.5) is 10.5 Å². The second-order valence-electron chi connectivity index (χ2n) is 7.98. The first kappa shape index (κ1) is 17.1. The normalized spacial score (nSPS) is 27.4. The fourth-order valence-electron chi connectivity index (χ4n) is 4.65. The maximum Gasteiger partial charge on any atom is 0.321 e. The van der Waals surface area contributed by atoms with Crippen molar-refractivity contribution in [3.63, 3.8) is 0 Å². The van der Waals surface area contributed by atoms with Crippen LogP contribution in [0.5, 0.6) is 0 Å². The van der Waals surface area contributed by atoms with Crippen molar-refractivity contribution in [1.29, 1.82) is 0 Å². The van der Waals surface area contributed by atoms with E-state index in [0.717, 1.165) is 42.7 Å². The van der Waals surface area contributed by atoms with Gasteiger partial charge in [-0.25, -0.2) is 4.79 Å². The van der Waals surface area contributed by atoms with Crippen LogP contribution in [0.1, 0.15) is 29.5 Å². The van der Waals surface area contributed by atoms with Crippen molar-refractivity contribution >= 4 is 11.7 Å². The number of nitrogens with zero attached hydrogens (tertiary/aromatic N) is 1. The summed E-state index contributed by atoms with van der Waals surface area (Å²) in [6.07, 6.45) is 1.46. The summed E-state index contributed by atoms with van der Waals surface area (Å²) >= 11 is 0. The molecule has 1 heterocycles. The summed E-state index contributed by atoms with van der Waals surface area (Å²) < 4.78 is 0. The van der Waals surface area contributed by atoms with E-state index in [0.29, 0.717) is 11.8 Å². The third-order valence-corrected chi connectivity index (χ3v) is 6.00. The zero-order chi connectivity index (χ0) is 18.3. The molecule has 4 heteroatoms. The minimum Gasteiger partial charge on any atom is -0.385 e.